The molecule has 0 atom stereocenters. The number of carboxylic acids is 1. The molecule has 5 nitrogen and oxygen atoms in total. The molecule has 0 amide bonds. The predicted molar refractivity (Wildman–Crippen MR) is 79.5 cm³/mol. The third kappa shape index (κ3) is 2.24. The molecule has 2 rings (SSSR count). The summed E-state index contributed by atoms with van der Waals surface area (Å²) in [6, 6.07) is 0. The molecule has 0 saturated carbocycles. The van der Waals surface area contributed by atoms with Gasteiger partial charge in [-0.15, -0.1) is 11.3 Å². The van der Waals surface area contributed by atoms with Crippen LogP contribution in [0.1, 0.15) is 30.1 Å². The summed E-state index contributed by atoms with van der Waals surface area (Å²) < 4.78 is 1.47. The number of aliphatic carboxylic acids is 1. The van der Waals surface area contributed by atoms with Crippen LogP contribution in [-0.4, -0.2) is 20.6 Å². The zero-order valence-electron chi connectivity index (χ0n) is 12.3. The van der Waals surface area contributed by atoms with Gasteiger partial charge in [-0.1, -0.05) is 0 Å². The minimum atomic E-state index is -1.01. The standard InChI is InChI=1S/C14H18N2O3S/c1-7-8(2)20-11-10(7)12(17)16(9(3)15-11)6-14(4,5)13(18)19/h6H2,1-5H3,(H,18,19). The molecule has 0 fully saturated rings. The van der Waals surface area contributed by atoms with E-state index < -0.39 is 11.4 Å². The highest BCUT2D eigenvalue weighted by atomic mass is 32.1. The van der Waals surface area contributed by atoms with Crippen molar-refractivity contribution in [2.75, 3.05) is 0 Å². The van der Waals surface area contributed by atoms with E-state index in [0.29, 0.717) is 11.2 Å². The minimum Gasteiger partial charge on any atom is -0.481 e. The van der Waals surface area contributed by atoms with Crippen LogP contribution in [0.25, 0.3) is 10.2 Å². The average molecular weight is 294 g/mol. The molecule has 0 saturated heterocycles. The first-order valence-electron chi connectivity index (χ1n) is 6.35. The smallest absolute Gasteiger partial charge is 0.310 e. The summed E-state index contributed by atoms with van der Waals surface area (Å²) in [4.78, 5) is 30.1. The van der Waals surface area contributed by atoms with Crippen LogP contribution in [0.3, 0.4) is 0 Å². The second kappa shape index (κ2) is 4.70. The van der Waals surface area contributed by atoms with Gasteiger partial charge >= 0.3 is 5.97 Å². The number of carbonyl (C=O) groups is 1. The van der Waals surface area contributed by atoms with Crippen LogP contribution in [0.15, 0.2) is 4.79 Å². The van der Waals surface area contributed by atoms with E-state index in [9.17, 15) is 14.7 Å². The third-order valence-corrected chi connectivity index (χ3v) is 4.71. The highest BCUT2D eigenvalue weighted by Crippen LogP contribution is 2.27. The maximum absolute atomic E-state index is 12.6. The van der Waals surface area contributed by atoms with Crippen LogP contribution in [0.2, 0.25) is 0 Å². The Labute approximate surface area is 120 Å². The van der Waals surface area contributed by atoms with Crippen molar-refractivity contribution in [2.45, 2.75) is 41.2 Å². The Morgan fingerprint density at radius 2 is 1.95 bits per heavy atom. The Bertz CT molecular complexity index is 756. The van der Waals surface area contributed by atoms with Crippen molar-refractivity contribution in [3.05, 3.63) is 26.6 Å². The Morgan fingerprint density at radius 1 is 1.35 bits per heavy atom. The number of thiophene rings is 1. The van der Waals surface area contributed by atoms with Gasteiger partial charge in [0, 0.05) is 11.4 Å². The second-order valence-corrected chi connectivity index (χ2v) is 6.91. The van der Waals surface area contributed by atoms with Crippen molar-refractivity contribution >= 4 is 27.5 Å². The van der Waals surface area contributed by atoms with E-state index in [2.05, 4.69) is 4.98 Å². The van der Waals surface area contributed by atoms with E-state index in [-0.39, 0.29) is 12.1 Å². The highest BCUT2D eigenvalue weighted by Gasteiger charge is 2.29. The van der Waals surface area contributed by atoms with Gasteiger partial charge in [0.15, 0.2) is 0 Å². The average Bonchev–Trinajstić information content (AvgIpc) is 2.60. The maximum Gasteiger partial charge on any atom is 0.310 e. The van der Waals surface area contributed by atoms with Gasteiger partial charge in [0.2, 0.25) is 0 Å². The topological polar surface area (TPSA) is 72.2 Å². The summed E-state index contributed by atoms with van der Waals surface area (Å²) in [5.41, 5.74) is -0.226. The first-order valence-corrected chi connectivity index (χ1v) is 7.17. The van der Waals surface area contributed by atoms with Crippen LogP contribution in [0.4, 0.5) is 0 Å². The van der Waals surface area contributed by atoms with Crippen LogP contribution in [0.5, 0.6) is 0 Å². The molecular weight excluding hydrogens is 276 g/mol. The van der Waals surface area contributed by atoms with E-state index in [4.69, 9.17) is 0 Å². The molecule has 0 unspecified atom stereocenters. The molecule has 2 aromatic rings. The van der Waals surface area contributed by atoms with Gasteiger partial charge in [-0.3, -0.25) is 14.2 Å². The lowest BCUT2D eigenvalue weighted by molar-refractivity contribution is -0.147. The summed E-state index contributed by atoms with van der Waals surface area (Å²) in [5.74, 6) is -0.375. The second-order valence-electron chi connectivity index (χ2n) is 5.70. The molecule has 108 valence electrons. The van der Waals surface area contributed by atoms with E-state index in [0.717, 1.165) is 15.3 Å². The summed E-state index contributed by atoms with van der Waals surface area (Å²) in [6.45, 7) is 8.93. The van der Waals surface area contributed by atoms with Crippen molar-refractivity contribution in [3.8, 4) is 0 Å². The minimum absolute atomic E-state index is 0.115. The fourth-order valence-corrected chi connectivity index (χ4v) is 3.14. The van der Waals surface area contributed by atoms with Crippen LogP contribution in [-0.2, 0) is 11.3 Å². The molecule has 0 aliphatic carbocycles. The van der Waals surface area contributed by atoms with Gasteiger partial charge in [0.1, 0.15) is 10.7 Å². The fourth-order valence-electron chi connectivity index (χ4n) is 2.08. The van der Waals surface area contributed by atoms with Crippen LogP contribution < -0.4 is 5.56 Å². The van der Waals surface area contributed by atoms with Crippen LogP contribution in [0, 0.1) is 26.2 Å². The van der Waals surface area contributed by atoms with Gasteiger partial charge < -0.3 is 5.11 Å². The third-order valence-electron chi connectivity index (χ3n) is 3.61. The van der Waals surface area contributed by atoms with Crippen molar-refractivity contribution in [3.63, 3.8) is 0 Å². The molecule has 2 aromatic heterocycles. The van der Waals surface area contributed by atoms with E-state index >= 15 is 0 Å². The Balaban J connectivity index is 2.69. The molecule has 0 radical (unpaired) electrons. The highest BCUT2D eigenvalue weighted by molar-refractivity contribution is 7.18. The number of fused-ring (bicyclic) bond motifs is 1. The summed E-state index contributed by atoms with van der Waals surface area (Å²) in [5, 5.41) is 9.83. The van der Waals surface area contributed by atoms with E-state index in [1.54, 1.807) is 20.8 Å². The van der Waals surface area contributed by atoms with Crippen molar-refractivity contribution < 1.29 is 9.90 Å². The number of nitrogens with zero attached hydrogens (tertiary/aromatic N) is 2. The van der Waals surface area contributed by atoms with E-state index in [1.807, 2.05) is 13.8 Å². The van der Waals surface area contributed by atoms with Gasteiger partial charge in [-0.25, -0.2) is 4.98 Å². The zero-order chi connectivity index (χ0) is 15.2. The first-order chi connectivity index (χ1) is 9.15. The summed E-state index contributed by atoms with van der Waals surface area (Å²) >= 11 is 1.50. The fraction of sp³-hybridized carbons (Fsp3) is 0.500. The van der Waals surface area contributed by atoms with Gasteiger partial charge in [0.05, 0.1) is 10.8 Å². The molecule has 0 spiro atoms. The number of hydrogen-bond donors (Lipinski definition) is 1. The van der Waals surface area contributed by atoms with E-state index in [1.165, 1.54) is 15.9 Å². The Kier molecular flexibility index (Phi) is 3.46. The molecule has 1 N–H and O–H groups in total. The zero-order valence-corrected chi connectivity index (χ0v) is 13.1. The lowest BCUT2D eigenvalue weighted by atomic mass is 9.93. The molecule has 0 aliphatic rings. The first kappa shape index (κ1) is 14.7. The molecule has 6 heteroatoms. The van der Waals surface area contributed by atoms with Crippen molar-refractivity contribution in [1.29, 1.82) is 0 Å². The molecule has 0 aromatic carbocycles. The number of hydrogen-bond acceptors (Lipinski definition) is 4. The largest absolute Gasteiger partial charge is 0.481 e. The normalized spacial score (nSPS) is 12.1. The monoisotopic (exact) mass is 294 g/mol. The number of aromatic nitrogens is 2. The number of rotatable bonds is 3. The number of aryl methyl sites for hydroxylation is 3. The molecular formula is C14H18N2O3S. The summed E-state index contributed by atoms with van der Waals surface area (Å²) in [6.07, 6.45) is 0. The lowest BCUT2D eigenvalue weighted by Crippen LogP contribution is -2.35. The van der Waals surface area contributed by atoms with Gasteiger partial charge in [0.25, 0.3) is 5.56 Å². The van der Waals surface area contributed by atoms with Crippen LogP contribution >= 0.6 is 11.3 Å². The molecule has 2 heterocycles. The molecule has 0 bridgehead atoms. The Morgan fingerprint density at radius 3 is 2.50 bits per heavy atom. The quantitative estimate of drug-likeness (QED) is 0.944. The SMILES string of the molecule is Cc1sc2nc(C)n(CC(C)(C)C(=O)O)c(=O)c2c1C. The maximum atomic E-state index is 12.6. The van der Waals surface area contributed by atoms with Gasteiger partial charge in [-0.05, 0) is 40.2 Å². The Hall–Kier alpha value is -1.69. The number of carboxylic acid groups (broad SMARTS) is 1. The predicted octanol–water partition coefficient (Wildman–Crippen LogP) is 2.49. The molecule has 0 aliphatic heterocycles. The van der Waals surface area contributed by atoms with Crippen molar-refractivity contribution in [2.24, 2.45) is 5.41 Å². The molecule has 20 heavy (non-hydrogen) atoms. The lowest BCUT2D eigenvalue weighted by Gasteiger charge is -2.21. The van der Waals surface area contributed by atoms with Gasteiger partial charge in [-0.2, -0.15) is 0 Å². The van der Waals surface area contributed by atoms with Crippen molar-refractivity contribution in [1.82, 2.24) is 9.55 Å². The summed E-state index contributed by atoms with van der Waals surface area (Å²) in [7, 11) is 0.